The maximum Gasteiger partial charge on any atom is 0.321 e. The molecule has 0 bridgehead atoms. The van der Waals surface area contributed by atoms with Gasteiger partial charge in [-0.1, -0.05) is 53.5 Å². The van der Waals surface area contributed by atoms with Gasteiger partial charge >= 0.3 is 6.03 Å². The number of urea groups is 1. The van der Waals surface area contributed by atoms with Crippen LogP contribution in [0.3, 0.4) is 0 Å². The molecule has 1 aromatic heterocycles. The Balaban J connectivity index is 1.54. The Hall–Kier alpha value is -3.64. The quantitative estimate of drug-likeness (QED) is 0.0951. The summed E-state index contributed by atoms with van der Waals surface area (Å²) < 4.78 is 0. The van der Waals surface area contributed by atoms with Crippen molar-refractivity contribution in [2.24, 2.45) is 22.2 Å². The Morgan fingerprint density at radius 2 is 1.82 bits per heavy atom. The van der Waals surface area contributed by atoms with Crippen molar-refractivity contribution in [1.82, 2.24) is 20.2 Å². The summed E-state index contributed by atoms with van der Waals surface area (Å²) in [4.78, 5) is 38.1. The largest absolute Gasteiger partial charge is 0.370 e. The molecule has 0 fully saturated rings. The number of carbonyl (C=O) groups excluding carboxylic acids is 1. The zero-order valence-electron chi connectivity index (χ0n) is 22.1. The zero-order chi connectivity index (χ0) is 28.9. The van der Waals surface area contributed by atoms with Crippen LogP contribution in [0.15, 0.2) is 58.4 Å². The molecular formula is C27H35Cl2N9O2. The molecule has 0 saturated carbocycles. The van der Waals surface area contributed by atoms with Crippen molar-refractivity contribution in [2.75, 3.05) is 38.0 Å². The molecule has 0 radical (unpaired) electrons. The van der Waals surface area contributed by atoms with Crippen LogP contribution >= 0.6 is 23.2 Å². The number of H-pyrrole nitrogens is 1. The van der Waals surface area contributed by atoms with Crippen LogP contribution in [0.2, 0.25) is 10.0 Å². The van der Waals surface area contributed by atoms with Crippen molar-refractivity contribution in [1.29, 1.82) is 0 Å². The molecule has 0 aliphatic rings. The molecule has 0 aliphatic carbocycles. The number of nitrogens with one attached hydrogen (secondary N) is 3. The first-order valence-electron chi connectivity index (χ1n) is 12.9. The zero-order valence-corrected chi connectivity index (χ0v) is 23.6. The van der Waals surface area contributed by atoms with E-state index in [1.807, 2.05) is 30.3 Å². The number of hydrogen-bond donors (Lipinski definition) is 6. The van der Waals surface area contributed by atoms with Gasteiger partial charge in [0.05, 0.1) is 5.56 Å². The number of anilines is 1. The molecule has 0 atom stereocenters. The topological polar surface area (TPSA) is 181 Å². The maximum atomic E-state index is 12.7. The molecule has 9 N–H and O–H groups in total. The third-order valence-corrected chi connectivity index (χ3v) is 6.59. The lowest BCUT2D eigenvalue weighted by Crippen LogP contribution is -2.32. The summed E-state index contributed by atoms with van der Waals surface area (Å²) in [7, 11) is 0. The van der Waals surface area contributed by atoms with E-state index in [2.05, 4.69) is 30.5 Å². The summed E-state index contributed by atoms with van der Waals surface area (Å²) in [5.41, 5.74) is 19.2. The van der Waals surface area contributed by atoms with Crippen LogP contribution in [-0.2, 0) is 13.0 Å². The predicted octanol–water partition coefficient (Wildman–Crippen LogP) is 2.92. The molecule has 1 heterocycles. The van der Waals surface area contributed by atoms with E-state index in [0.717, 1.165) is 49.2 Å². The smallest absolute Gasteiger partial charge is 0.321 e. The molecular weight excluding hydrogens is 553 g/mol. The first kappa shape index (κ1) is 30.9. The lowest BCUT2D eigenvalue weighted by atomic mass is 10.1. The average Bonchev–Trinajstić information content (AvgIpc) is 2.91. The average molecular weight is 589 g/mol. The second-order valence-corrected chi connectivity index (χ2v) is 9.96. The number of benzene rings is 2. The number of halogens is 2. The molecule has 0 aliphatic heterocycles. The van der Waals surface area contributed by atoms with Gasteiger partial charge in [-0.25, -0.2) is 9.78 Å². The highest BCUT2D eigenvalue weighted by atomic mass is 35.5. The van der Waals surface area contributed by atoms with Crippen LogP contribution in [0.1, 0.15) is 24.0 Å². The molecule has 0 saturated heterocycles. The van der Waals surface area contributed by atoms with Crippen LogP contribution in [-0.4, -0.2) is 59.6 Å². The van der Waals surface area contributed by atoms with Gasteiger partial charge in [0.25, 0.3) is 5.56 Å². The van der Waals surface area contributed by atoms with E-state index in [0.29, 0.717) is 41.7 Å². The van der Waals surface area contributed by atoms with Gasteiger partial charge in [-0.3, -0.25) is 25.0 Å². The Kier molecular flexibility index (Phi) is 12.2. The Labute approximate surface area is 243 Å². The van der Waals surface area contributed by atoms with Crippen molar-refractivity contribution in [3.05, 3.63) is 80.2 Å². The van der Waals surface area contributed by atoms with Gasteiger partial charge < -0.3 is 22.5 Å². The standard InChI is InChI=1S/C27H35Cl2N9O2/c28-21-8-7-20(23(29)15-21)9-12-34-27(40)37-26-35-16-22(24(39)36-26)19-5-3-18(4-6-19)17-38(13-1-10-30)14-2-11-33-25(31)32/h3-8,15-16H,1-2,9-14,17,30H2,(H4,31,32,33)(H3,34,35,36,37,39,40). The maximum absolute atomic E-state index is 12.7. The third kappa shape index (κ3) is 10.2. The van der Waals surface area contributed by atoms with E-state index in [-0.39, 0.29) is 17.5 Å². The molecule has 2 amide bonds. The number of aromatic amines is 1. The van der Waals surface area contributed by atoms with Crippen molar-refractivity contribution >= 4 is 41.1 Å². The van der Waals surface area contributed by atoms with Crippen molar-refractivity contribution in [2.45, 2.75) is 25.8 Å². The molecule has 3 aromatic rings. The monoisotopic (exact) mass is 587 g/mol. The normalized spacial score (nSPS) is 10.9. The fourth-order valence-corrected chi connectivity index (χ4v) is 4.49. The SMILES string of the molecule is NCCCN(CCCN=C(N)N)Cc1ccc(-c2cnc(NC(=O)NCCc3ccc(Cl)cc3Cl)[nH]c2=O)cc1. The Morgan fingerprint density at radius 3 is 2.50 bits per heavy atom. The van der Waals surface area contributed by atoms with Gasteiger partial charge in [0.2, 0.25) is 5.95 Å². The summed E-state index contributed by atoms with van der Waals surface area (Å²) in [6.45, 7) is 3.95. The number of rotatable bonds is 14. The number of hydrogen-bond acceptors (Lipinski definition) is 6. The van der Waals surface area contributed by atoms with E-state index in [9.17, 15) is 9.59 Å². The molecule has 13 heteroatoms. The molecule has 2 aromatic carbocycles. The number of guanidine groups is 1. The second kappa shape index (κ2) is 15.8. The number of aromatic nitrogens is 2. The van der Waals surface area contributed by atoms with E-state index in [1.54, 1.807) is 12.1 Å². The number of carbonyl (C=O) groups is 1. The molecule has 11 nitrogen and oxygen atoms in total. The highest BCUT2D eigenvalue weighted by Gasteiger charge is 2.10. The molecule has 0 spiro atoms. The number of amides is 2. The fourth-order valence-electron chi connectivity index (χ4n) is 3.99. The highest BCUT2D eigenvalue weighted by Crippen LogP contribution is 2.21. The van der Waals surface area contributed by atoms with Crippen LogP contribution < -0.4 is 33.4 Å². The molecule has 214 valence electrons. The first-order valence-corrected chi connectivity index (χ1v) is 13.7. The first-order chi connectivity index (χ1) is 19.2. The van der Waals surface area contributed by atoms with Crippen LogP contribution in [0.25, 0.3) is 11.1 Å². The van der Waals surface area contributed by atoms with Gasteiger partial charge in [-0.05, 0) is 61.2 Å². The van der Waals surface area contributed by atoms with Gasteiger partial charge in [0, 0.05) is 42.4 Å². The van der Waals surface area contributed by atoms with E-state index in [4.69, 9.17) is 40.4 Å². The summed E-state index contributed by atoms with van der Waals surface area (Å²) in [5.74, 6) is 0.139. The minimum absolute atomic E-state index is 0.0451. The third-order valence-electron chi connectivity index (χ3n) is 6.00. The minimum Gasteiger partial charge on any atom is -0.370 e. The number of nitrogens with two attached hydrogens (primary N) is 3. The van der Waals surface area contributed by atoms with Crippen LogP contribution in [0.5, 0.6) is 0 Å². The van der Waals surface area contributed by atoms with Gasteiger partial charge in [0.15, 0.2) is 5.96 Å². The summed E-state index contributed by atoms with van der Waals surface area (Å²) in [6, 6.07) is 12.4. The highest BCUT2D eigenvalue weighted by molar-refractivity contribution is 6.35. The van der Waals surface area contributed by atoms with Crippen LogP contribution in [0.4, 0.5) is 10.7 Å². The van der Waals surface area contributed by atoms with E-state index in [1.165, 1.54) is 6.20 Å². The lowest BCUT2D eigenvalue weighted by Gasteiger charge is -2.22. The molecule has 0 unspecified atom stereocenters. The Morgan fingerprint density at radius 1 is 1.07 bits per heavy atom. The van der Waals surface area contributed by atoms with Crippen molar-refractivity contribution < 1.29 is 4.79 Å². The molecule has 40 heavy (non-hydrogen) atoms. The van der Waals surface area contributed by atoms with Crippen LogP contribution in [0, 0.1) is 0 Å². The summed E-state index contributed by atoms with van der Waals surface area (Å²) in [5, 5.41) is 6.33. The lowest BCUT2D eigenvalue weighted by molar-refractivity contribution is 0.252. The fraction of sp³-hybridized carbons (Fsp3) is 0.333. The predicted molar refractivity (Wildman–Crippen MR) is 162 cm³/mol. The van der Waals surface area contributed by atoms with Gasteiger partial charge in [-0.15, -0.1) is 0 Å². The molecule has 3 rings (SSSR count). The van der Waals surface area contributed by atoms with E-state index < -0.39 is 6.03 Å². The van der Waals surface area contributed by atoms with Crippen molar-refractivity contribution in [3.63, 3.8) is 0 Å². The van der Waals surface area contributed by atoms with Gasteiger partial charge in [0.1, 0.15) is 0 Å². The minimum atomic E-state index is -0.497. The number of aliphatic imine (C=N–C) groups is 1. The van der Waals surface area contributed by atoms with Gasteiger partial charge in [-0.2, -0.15) is 0 Å². The Bertz CT molecular complexity index is 1340. The summed E-state index contributed by atoms with van der Waals surface area (Å²) in [6.07, 6.45) is 3.67. The van der Waals surface area contributed by atoms with E-state index >= 15 is 0 Å². The summed E-state index contributed by atoms with van der Waals surface area (Å²) >= 11 is 12.1. The second-order valence-electron chi connectivity index (χ2n) is 9.12. The number of nitrogens with zero attached hydrogens (tertiary/aromatic N) is 3. The van der Waals surface area contributed by atoms with Crippen molar-refractivity contribution in [3.8, 4) is 11.1 Å².